The molecule has 0 saturated carbocycles. The van der Waals surface area contributed by atoms with Gasteiger partial charge in [-0.15, -0.1) is 0 Å². The molecule has 2 atom stereocenters. The van der Waals surface area contributed by atoms with Crippen molar-refractivity contribution in [2.24, 2.45) is 0 Å². The van der Waals surface area contributed by atoms with Crippen LogP contribution in [0, 0.1) is 6.92 Å². The van der Waals surface area contributed by atoms with E-state index in [2.05, 4.69) is 0 Å². The van der Waals surface area contributed by atoms with Gasteiger partial charge < -0.3 is 15.4 Å². The van der Waals surface area contributed by atoms with Crippen LogP contribution in [0.4, 0.5) is 11.4 Å². The summed E-state index contributed by atoms with van der Waals surface area (Å²) in [6.07, 6.45) is 1.10. The molecule has 1 aliphatic heterocycles. The van der Waals surface area contributed by atoms with Crippen molar-refractivity contribution >= 4 is 39.0 Å². The Morgan fingerprint density at radius 2 is 1.83 bits per heavy atom. The standard InChI is InChI=1S/C27H29ClN2O5S/c1-17-7-11-22(12-8-17)36(32,33)35-18(2)24-6-4-5-19-15-20(28)9-14-25(19)30(24)27(31)23-13-10-21(29)16-26(23)34-3/h7-16,18,24H,4-6,29H2,1-3H3. The molecule has 1 aliphatic rings. The lowest BCUT2D eigenvalue weighted by Gasteiger charge is -2.35. The third-order valence-electron chi connectivity index (χ3n) is 6.38. The number of anilines is 2. The summed E-state index contributed by atoms with van der Waals surface area (Å²) in [5.41, 5.74) is 9.18. The SMILES string of the molecule is COc1cc(N)ccc1C(=O)N1c2ccc(Cl)cc2CCCC1C(C)OS(=O)(=O)c1ccc(C)cc1. The second-order valence-corrected chi connectivity index (χ2v) is 10.9. The molecule has 7 nitrogen and oxygen atoms in total. The van der Waals surface area contributed by atoms with Crippen molar-refractivity contribution < 1.29 is 22.1 Å². The zero-order chi connectivity index (χ0) is 26.0. The highest BCUT2D eigenvalue weighted by molar-refractivity contribution is 7.86. The number of methoxy groups -OCH3 is 1. The van der Waals surface area contributed by atoms with Crippen LogP contribution in [-0.4, -0.2) is 33.6 Å². The zero-order valence-corrected chi connectivity index (χ0v) is 22.0. The molecule has 3 aromatic rings. The van der Waals surface area contributed by atoms with Crippen LogP contribution >= 0.6 is 11.6 Å². The summed E-state index contributed by atoms with van der Waals surface area (Å²) in [6, 6.07) is 16.1. The number of rotatable bonds is 6. The molecule has 0 bridgehead atoms. The van der Waals surface area contributed by atoms with Gasteiger partial charge in [-0.3, -0.25) is 8.98 Å². The fourth-order valence-electron chi connectivity index (χ4n) is 4.54. The molecule has 1 amide bonds. The van der Waals surface area contributed by atoms with E-state index in [4.69, 9.17) is 26.3 Å². The normalized spacial score (nSPS) is 16.7. The first kappa shape index (κ1) is 26.0. The summed E-state index contributed by atoms with van der Waals surface area (Å²) in [7, 11) is -2.58. The molecule has 9 heteroatoms. The predicted octanol–water partition coefficient (Wildman–Crippen LogP) is 5.38. The molecule has 2 unspecified atom stereocenters. The Morgan fingerprint density at radius 1 is 1.11 bits per heavy atom. The third-order valence-corrected chi connectivity index (χ3v) is 8.03. The first-order valence-electron chi connectivity index (χ1n) is 11.7. The summed E-state index contributed by atoms with van der Waals surface area (Å²) in [6.45, 7) is 3.56. The van der Waals surface area contributed by atoms with Gasteiger partial charge in [0.25, 0.3) is 16.0 Å². The highest BCUT2D eigenvalue weighted by Crippen LogP contribution is 2.36. The molecule has 2 N–H and O–H groups in total. The summed E-state index contributed by atoms with van der Waals surface area (Å²) in [4.78, 5) is 15.7. The minimum Gasteiger partial charge on any atom is -0.496 e. The number of ether oxygens (including phenoxy) is 1. The predicted molar refractivity (Wildman–Crippen MR) is 141 cm³/mol. The quantitative estimate of drug-likeness (QED) is 0.340. The van der Waals surface area contributed by atoms with Crippen LogP contribution < -0.4 is 15.4 Å². The number of aryl methyl sites for hydroxylation is 2. The van der Waals surface area contributed by atoms with Gasteiger partial charge in [0.15, 0.2) is 0 Å². The van der Waals surface area contributed by atoms with Crippen LogP contribution in [-0.2, 0) is 20.7 Å². The summed E-state index contributed by atoms with van der Waals surface area (Å²) in [5.74, 6) is -0.00938. The molecule has 0 aliphatic carbocycles. The number of nitrogens with zero attached hydrogens (tertiary/aromatic N) is 1. The lowest BCUT2D eigenvalue weighted by Crippen LogP contribution is -2.47. The highest BCUT2D eigenvalue weighted by atomic mass is 35.5. The molecular formula is C27H29ClN2O5S. The van der Waals surface area contributed by atoms with Gasteiger partial charge in [-0.25, -0.2) is 0 Å². The van der Waals surface area contributed by atoms with Crippen molar-refractivity contribution in [2.45, 2.75) is 50.2 Å². The number of fused-ring (bicyclic) bond motifs is 1. The molecule has 0 fully saturated rings. The lowest BCUT2D eigenvalue weighted by atomic mass is 10.0. The van der Waals surface area contributed by atoms with Gasteiger partial charge in [-0.1, -0.05) is 29.3 Å². The summed E-state index contributed by atoms with van der Waals surface area (Å²) >= 11 is 6.26. The Balaban J connectivity index is 1.76. The molecule has 36 heavy (non-hydrogen) atoms. The van der Waals surface area contributed by atoms with Gasteiger partial charge in [-0.2, -0.15) is 8.42 Å². The van der Waals surface area contributed by atoms with E-state index >= 15 is 0 Å². The zero-order valence-electron chi connectivity index (χ0n) is 20.4. The Labute approximate surface area is 216 Å². The van der Waals surface area contributed by atoms with Crippen LogP contribution in [0.15, 0.2) is 65.6 Å². The number of halogens is 1. The number of carbonyl (C=O) groups is 1. The monoisotopic (exact) mass is 528 g/mol. The number of nitrogen functional groups attached to an aromatic ring is 1. The van der Waals surface area contributed by atoms with E-state index in [1.54, 1.807) is 54.3 Å². The molecule has 0 radical (unpaired) electrons. The fraction of sp³-hybridized carbons (Fsp3) is 0.296. The van der Waals surface area contributed by atoms with Crippen LogP contribution in [0.5, 0.6) is 5.75 Å². The maximum absolute atomic E-state index is 14.0. The Morgan fingerprint density at radius 3 is 2.53 bits per heavy atom. The van der Waals surface area contributed by atoms with Crippen LogP contribution in [0.1, 0.15) is 41.3 Å². The van der Waals surface area contributed by atoms with Gasteiger partial charge in [0.1, 0.15) is 5.75 Å². The second kappa shape index (κ2) is 10.5. The number of hydrogen-bond acceptors (Lipinski definition) is 6. The molecule has 4 rings (SSSR count). The van der Waals surface area contributed by atoms with Crippen LogP contribution in [0.25, 0.3) is 0 Å². The maximum Gasteiger partial charge on any atom is 0.297 e. The lowest BCUT2D eigenvalue weighted by molar-refractivity contribution is 0.0939. The van der Waals surface area contributed by atoms with Gasteiger partial charge in [0, 0.05) is 22.5 Å². The molecular weight excluding hydrogens is 500 g/mol. The van der Waals surface area contributed by atoms with E-state index in [1.165, 1.54) is 19.2 Å². The van der Waals surface area contributed by atoms with Gasteiger partial charge in [-0.05, 0) is 81.1 Å². The molecule has 0 saturated heterocycles. The minimum atomic E-state index is -4.05. The van der Waals surface area contributed by atoms with E-state index in [1.807, 2.05) is 13.0 Å². The minimum absolute atomic E-state index is 0.0684. The molecule has 3 aromatic carbocycles. The smallest absolute Gasteiger partial charge is 0.297 e. The van der Waals surface area contributed by atoms with Crippen molar-refractivity contribution in [3.63, 3.8) is 0 Å². The number of nitrogens with two attached hydrogens (primary N) is 1. The second-order valence-electron chi connectivity index (χ2n) is 8.94. The van der Waals surface area contributed by atoms with Gasteiger partial charge >= 0.3 is 0 Å². The van der Waals surface area contributed by atoms with E-state index in [9.17, 15) is 13.2 Å². The maximum atomic E-state index is 14.0. The first-order chi connectivity index (χ1) is 17.1. The first-order valence-corrected chi connectivity index (χ1v) is 13.4. The largest absolute Gasteiger partial charge is 0.496 e. The van der Waals surface area contributed by atoms with Crippen molar-refractivity contribution in [3.05, 3.63) is 82.4 Å². The summed E-state index contributed by atoms with van der Waals surface area (Å²) < 4.78 is 37.3. The van der Waals surface area contributed by atoms with Crippen molar-refractivity contribution in [1.29, 1.82) is 0 Å². The fourth-order valence-corrected chi connectivity index (χ4v) is 5.85. The van der Waals surface area contributed by atoms with Gasteiger partial charge in [0.05, 0.1) is 29.7 Å². The number of hydrogen-bond donors (Lipinski definition) is 1. The van der Waals surface area contributed by atoms with Crippen molar-refractivity contribution in [1.82, 2.24) is 0 Å². The highest BCUT2D eigenvalue weighted by Gasteiger charge is 2.37. The van der Waals surface area contributed by atoms with E-state index < -0.39 is 22.3 Å². The number of amides is 1. The average molecular weight is 529 g/mol. The Kier molecular flexibility index (Phi) is 7.59. The van der Waals surface area contributed by atoms with E-state index in [-0.39, 0.29) is 10.8 Å². The van der Waals surface area contributed by atoms with Gasteiger partial charge in [0.2, 0.25) is 0 Å². The number of benzene rings is 3. The van der Waals surface area contributed by atoms with E-state index in [0.29, 0.717) is 40.6 Å². The average Bonchev–Trinajstić information content (AvgIpc) is 3.02. The summed E-state index contributed by atoms with van der Waals surface area (Å²) in [5, 5.41) is 0.566. The molecule has 0 aromatic heterocycles. The third kappa shape index (κ3) is 5.36. The van der Waals surface area contributed by atoms with Crippen LogP contribution in [0.3, 0.4) is 0 Å². The Hall–Kier alpha value is -3.07. The van der Waals surface area contributed by atoms with Crippen molar-refractivity contribution in [2.75, 3.05) is 17.7 Å². The molecule has 0 spiro atoms. The molecule has 1 heterocycles. The Bertz CT molecular complexity index is 1380. The van der Waals surface area contributed by atoms with Crippen molar-refractivity contribution in [3.8, 4) is 5.75 Å². The van der Waals surface area contributed by atoms with E-state index in [0.717, 1.165) is 17.5 Å². The molecule has 190 valence electrons. The number of carbonyl (C=O) groups excluding carboxylic acids is 1. The van der Waals surface area contributed by atoms with Crippen LogP contribution in [0.2, 0.25) is 5.02 Å². The topological polar surface area (TPSA) is 98.9 Å².